The number of benzene rings is 3. The van der Waals surface area contributed by atoms with Crippen molar-refractivity contribution < 1.29 is 0 Å². The second-order valence-corrected chi connectivity index (χ2v) is 7.36. The molecule has 30 heavy (non-hydrogen) atoms. The first kappa shape index (κ1) is 21.5. The molecule has 0 fully saturated rings. The van der Waals surface area contributed by atoms with Gasteiger partial charge in [-0.1, -0.05) is 72.8 Å². The summed E-state index contributed by atoms with van der Waals surface area (Å²) in [6.07, 6.45) is 2.70. The van der Waals surface area contributed by atoms with Gasteiger partial charge in [-0.05, 0) is 54.4 Å². The van der Waals surface area contributed by atoms with Crippen molar-refractivity contribution in [2.24, 2.45) is 5.10 Å². The zero-order valence-electron chi connectivity index (χ0n) is 17.3. The first-order valence-electron chi connectivity index (χ1n) is 10.2. The fraction of sp³-hybridized carbons (Fsp3) is 0.200. The van der Waals surface area contributed by atoms with Crippen LogP contribution in [0.15, 0.2) is 90.0 Å². The lowest BCUT2D eigenvalue weighted by Crippen LogP contribution is -2.33. The molecule has 154 valence electrons. The summed E-state index contributed by atoms with van der Waals surface area (Å²) >= 11 is 5.28. The van der Waals surface area contributed by atoms with Gasteiger partial charge in [-0.2, -0.15) is 5.10 Å². The number of thiocarbonyl (C=S) groups is 1. The molecule has 0 aliphatic heterocycles. The molecular weight excluding hydrogens is 388 g/mol. The Balaban J connectivity index is 1.45. The van der Waals surface area contributed by atoms with Gasteiger partial charge < -0.3 is 10.2 Å². The predicted octanol–water partition coefficient (Wildman–Crippen LogP) is 4.75. The molecule has 3 aromatic rings. The van der Waals surface area contributed by atoms with Gasteiger partial charge in [-0.25, -0.2) is 0 Å². The number of nitrogens with one attached hydrogen (secondary N) is 2. The maximum Gasteiger partial charge on any atom is 0.186 e. The fourth-order valence-electron chi connectivity index (χ4n) is 3.13. The first-order valence-corrected chi connectivity index (χ1v) is 10.6. The highest BCUT2D eigenvalue weighted by atomic mass is 32.1. The summed E-state index contributed by atoms with van der Waals surface area (Å²) in [5.74, 6) is 0. The normalized spacial score (nSPS) is 10.7. The molecule has 0 saturated carbocycles. The number of rotatable bonds is 9. The standard InChI is InChI=1S/C25H28N4S/c1-2-29(20-23-11-7-4-8-12-23)24-15-13-22(14-16-24)19-27-28-25(30)26-18-17-21-9-5-3-6-10-21/h3-16,19H,2,17-18,20H2,1H3,(H2,26,28,30)/b27-19+. The van der Waals surface area contributed by atoms with Crippen molar-refractivity contribution in [3.8, 4) is 0 Å². The Bertz CT molecular complexity index is 924. The number of hydrogen-bond donors (Lipinski definition) is 2. The molecule has 0 aliphatic carbocycles. The van der Waals surface area contributed by atoms with Crippen LogP contribution in [0.1, 0.15) is 23.6 Å². The molecule has 0 unspecified atom stereocenters. The van der Waals surface area contributed by atoms with Crippen LogP contribution in [0.3, 0.4) is 0 Å². The van der Waals surface area contributed by atoms with E-state index in [9.17, 15) is 0 Å². The van der Waals surface area contributed by atoms with E-state index >= 15 is 0 Å². The van der Waals surface area contributed by atoms with Gasteiger partial charge in [0, 0.05) is 25.3 Å². The summed E-state index contributed by atoms with van der Waals surface area (Å²) in [5.41, 5.74) is 7.69. The highest BCUT2D eigenvalue weighted by molar-refractivity contribution is 7.80. The molecule has 3 rings (SSSR count). The average Bonchev–Trinajstić information content (AvgIpc) is 2.79. The Kier molecular flexibility index (Phi) is 8.42. The van der Waals surface area contributed by atoms with Gasteiger partial charge in [-0.15, -0.1) is 0 Å². The lowest BCUT2D eigenvalue weighted by Gasteiger charge is -2.23. The van der Waals surface area contributed by atoms with E-state index in [1.165, 1.54) is 16.8 Å². The van der Waals surface area contributed by atoms with E-state index in [4.69, 9.17) is 12.2 Å². The highest BCUT2D eigenvalue weighted by Gasteiger charge is 2.05. The van der Waals surface area contributed by atoms with Crippen LogP contribution in [0.2, 0.25) is 0 Å². The van der Waals surface area contributed by atoms with E-state index in [1.807, 2.05) is 24.3 Å². The monoisotopic (exact) mass is 416 g/mol. The Hall–Kier alpha value is -3.18. The summed E-state index contributed by atoms with van der Waals surface area (Å²) in [6.45, 7) is 4.80. The van der Waals surface area contributed by atoms with Crippen molar-refractivity contribution in [3.63, 3.8) is 0 Å². The zero-order valence-corrected chi connectivity index (χ0v) is 18.1. The summed E-state index contributed by atoms with van der Waals surface area (Å²) in [6, 6.07) is 29.3. The third-order valence-corrected chi connectivity index (χ3v) is 5.01. The van der Waals surface area contributed by atoms with Crippen molar-refractivity contribution in [3.05, 3.63) is 102 Å². The van der Waals surface area contributed by atoms with Crippen LogP contribution in [0.4, 0.5) is 5.69 Å². The largest absolute Gasteiger partial charge is 0.367 e. The second-order valence-electron chi connectivity index (χ2n) is 6.95. The van der Waals surface area contributed by atoms with Crippen LogP contribution in [-0.4, -0.2) is 24.4 Å². The maximum absolute atomic E-state index is 5.28. The Morgan fingerprint density at radius 3 is 2.17 bits per heavy atom. The Labute approximate surface area is 184 Å². The Morgan fingerprint density at radius 2 is 1.53 bits per heavy atom. The first-order chi connectivity index (χ1) is 14.7. The summed E-state index contributed by atoms with van der Waals surface area (Å²) < 4.78 is 0. The topological polar surface area (TPSA) is 39.7 Å². The van der Waals surface area contributed by atoms with Crippen LogP contribution >= 0.6 is 12.2 Å². The summed E-state index contributed by atoms with van der Waals surface area (Å²) in [7, 11) is 0. The minimum atomic E-state index is 0.527. The zero-order chi connectivity index (χ0) is 21.0. The molecule has 0 radical (unpaired) electrons. The van der Waals surface area contributed by atoms with E-state index in [1.54, 1.807) is 6.21 Å². The minimum absolute atomic E-state index is 0.527. The van der Waals surface area contributed by atoms with Crippen LogP contribution in [0.25, 0.3) is 0 Å². The minimum Gasteiger partial charge on any atom is -0.367 e. The molecule has 0 saturated heterocycles. The van der Waals surface area contributed by atoms with Gasteiger partial charge in [0.2, 0.25) is 0 Å². The van der Waals surface area contributed by atoms with Crippen molar-refractivity contribution in [1.82, 2.24) is 10.7 Å². The van der Waals surface area contributed by atoms with Crippen LogP contribution < -0.4 is 15.6 Å². The van der Waals surface area contributed by atoms with Crippen molar-refractivity contribution in [1.29, 1.82) is 0 Å². The number of anilines is 1. The van der Waals surface area contributed by atoms with E-state index in [0.717, 1.165) is 31.6 Å². The highest BCUT2D eigenvalue weighted by Crippen LogP contribution is 2.17. The van der Waals surface area contributed by atoms with Crippen LogP contribution in [0.5, 0.6) is 0 Å². The van der Waals surface area contributed by atoms with E-state index in [-0.39, 0.29) is 0 Å². The van der Waals surface area contributed by atoms with Crippen LogP contribution in [0, 0.1) is 0 Å². The SMILES string of the molecule is CCN(Cc1ccccc1)c1ccc(/C=N/NC(=S)NCCc2ccccc2)cc1. The van der Waals surface area contributed by atoms with Gasteiger partial charge >= 0.3 is 0 Å². The summed E-state index contributed by atoms with van der Waals surface area (Å²) in [5, 5.41) is 7.94. The third kappa shape index (κ3) is 7.01. The molecule has 0 aromatic heterocycles. The fourth-order valence-corrected chi connectivity index (χ4v) is 3.29. The molecule has 4 nitrogen and oxygen atoms in total. The second kappa shape index (κ2) is 11.7. The lowest BCUT2D eigenvalue weighted by molar-refractivity contribution is 0.832. The number of hydrogen-bond acceptors (Lipinski definition) is 3. The molecule has 0 bridgehead atoms. The molecule has 0 amide bonds. The third-order valence-electron chi connectivity index (χ3n) is 4.78. The van der Waals surface area contributed by atoms with Crippen molar-refractivity contribution >= 4 is 29.2 Å². The van der Waals surface area contributed by atoms with Gasteiger partial charge in [0.25, 0.3) is 0 Å². The lowest BCUT2D eigenvalue weighted by atomic mass is 10.1. The van der Waals surface area contributed by atoms with Gasteiger partial charge in [0.05, 0.1) is 6.21 Å². The van der Waals surface area contributed by atoms with E-state index in [0.29, 0.717) is 5.11 Å². The maximum atomic E-state index is 5.28. The predicted molar refractivity (Wildman–Crippen MR) is 131 cm³/mol. The molecule has 3 aromatic carbocycles. The average molecular weight is 417 g/mol. The molecular formula is C25H28N4S. The molecule has 0 aliphatic rings. The number of hydrazone groups is 1. The molecule has 5 heteroatoms. The van der Waals surface area contributed by atoms with Crippen LogP contribution in [-0.2, 0) is 13.0 Å². The molecule has 0 spiro atoms. The Morgan fingerprint density at radius 1 is 0.900 bits per heavy atom. The van der Waals surface area contributed by atoms with Gasteiger partial charge in [0.1, 0.15) is 0 Å². The molecule has 0 heterocycles. The quantitative estimate of drug-likeness (QED) is 0.300. The molecule has 2 N–H and O–H groups in total. The smallest absolute Gasteiger partial charge is 0.186 e. The van der Waals surface area contributed by atoms with Crippen molar-refractivity contribution in [2.45, 2.75) is 19.9 Å². The van der Waals surface area contributed by atoms with Crippen molar-refractivity contribution in [2.75, 3.05) is 18.0 Å². The molecule has 0 atom stereocenters. The van der Waals surface area contributed by atoms with E-state index < -0.39 is 0 Å². The summed E-state index contributed by atoms with van der Waals surface area (Å²) in [4.78, 5) is 2.35. The van der Waals surface area contributed by atoms with Gasteiger partial charge in [0.15, 0.2) is 5.11 Å². The van der Waals surface area contributed by atoms with E-state index in [2.05, 4.69) is 88.3 Å². The van der Waals surface area contributed by atoms with Gasteiger partial charge in [-0.3, -0.25) is 5.43 Å². The number of nitrogens with zero attached hydrogens (tertiary/aromatic N) is 2.